The molecule has 102 valence electrons. The molecule has 2 aromatic rings. The lowest BCUT2D eigenvalue weighted by Crippen LogP contribution is -2.21. The average Bonchev–Trinajstić information content (AvgIpc) is 2.48. The Bertz CT molecular complexity index is 609. The third-order valence-electron chi connectivity index (χ3n) is 2.66. The molecule has 1 amide bonds. The summed E-state index contributed by atoms with van der Waals surface area (Å²) >= 11 is 3.36. The van der Waals surface area contributed by atoms with Gasteiger partial charge in [0, 0.05) is 10.7 Å². The number of aromatic nitrogens is 1. The highest BCUT2D eigenvalue weighted by molar-refractivity contribution is 9.10. The van der Waals surface area contributed by atoms with E-state index in [1.54, 1.807) is 6.20 Å². The van der Waals surface area contributed by atoms with E-state index in [1.165, 1.54) is 0 Å². The molecule has 0 fully saturated rings. The van der Waals surface area contributed by atoms with Crippen LogP contribution in [0.3, 0.4) is 0 Å². The fraction of sp³-hybridized carbons (Fsp3) is 0.133. The molecule has 1 N–H and O–H groups in total. The van der Waals surface area contributed by atoms with E-state index in [0.29, 0.717) is 12.1 Å². The van der Waals surface area contributed by atoms with Crippen molar-refractivity contribution < 1.29 is 4.79 Å². The van der Waals surface area contributed by atoms with Crippen LogP contribution in [0.5, 0.6) is 0 Å². The summed E-state index contributed by atoms with van der Waals surface area (Å²) in [6.45, 7) is 1.81. The van der Waals surface area contributed by atoms with Gasteiger partial charge in [-0.2, -0.15) is 5.10 Å². The first-order valence-corrected chi connectivity index (χ1v) is 6.93. The van der Waals surface area contributed by atoms with Crippen LogP contribution in [-0.2, 0) is 11.2 Å². The molecule has 0 atom stereocenters. The number of nitrogens with zero attached hydrogens (tertiary/aromatic N) is 2. The molecule has 1 aromatic heterocycles. The lowest BCUT2D eigenvalue weighted by molar-refractivity contribution is -0.120. The Morgan fingerprint density at radius 1 is 1.25 bits per heavy atom. The van der Waals surface area contributed by atoms with Crippen LogP contribution in [0.2, 0.25) is 0 Å². The molecule has 0 saturated heterocycles. The highest BCUT2D eigenvalue weighted by Crippen LogP contribution is 2.10. The molecule has 20 heavy (non-hydrogen) atoms. The number of hydrazone groups is 1. The maximum atomic E-state index is 11.8. The topological polar surface area (TPSA) is 54.4 Å². The number of carbonyl (C=O) groups is 1. The van der Waals surface area contributed by atoms with Gasteiger partial charge in [0.15, 0.2) is 0 Å². The second-order valence-electron chi connectivity index (χ2n) is 4.25. The van der Waals surface area contributed by atoms with Crippen LogP contribution < -0.4 is 5.43 Å². The smallest absolute Gasteiger partial charge is 0.244 e. The van der Waals surface area contributed by atoms with Crippen LogP contribution in [-0.4, -0.2) is 16.6 Å². The monoisotopic (exact) mass is 331 g/mol. The third kappa shape index (κ3) is 4.28. The summed E-state index contributed by atoms with van der Waals surface area (Å²) < 4.78 is 0.991. The van der Waals surface area contributed by atoms with Gasteiger partial charge in [0.1, 0.15) is 0 Å². The van der Waals surface area contributed by atoms with Crippen molar-refractivity contribution in [2.24, 2.45) is 5.10 Å². The molecule has 0 bridgehead atoms. The molecular weight excluding hydrogens is 318 g/mol. The van der Waals surface area contributed by atoms with Gasteiger partial charge in [0.05, 0.1) is 17.8 Å². The molecule has 1 heterocycles. The van der Waals surface area contributed by atoms with Gasteiger partial charge in [-0.1, -0.05) is 34.1 Å². The molecule has 0 saturated carbocycles. The molecule has 1 aromatic carbocycles. The number of amides is 1. The van der Waals surface area contributed by atoms with Gasteiger partial charge in [-0.05, 0) is 36.8 Å². The predicted molar refractivity (Wildman–Crippen MR) is 82.4 cm³/mol. The molecule has 0 spiro atoms. The van der Waals surface area contributed by atoms with Crippen molar-refractivity contribution in [1.29, 1.82) is 0 Å². The summed E-state index contributed by atoms with van der Waals surface area (Å²) in [5.74, 6) is -0.150. The SMILES string of the molecule is C/C(=N/NC(=O)Cc1ccc(Br)cc1)c1ccccn1. The molecule has 0 aliphatic rings. The zero-order valence-corrected chi connectivity index (χ0v) is 12.6. The molecule has 0 radical (unpaired) electrons. The number of carbonyl (C=O) groups excluding carboxylic acids is 1. The van der Waals surface area contributed by atoms with Crippen molar-refractivity contribution in [1.82, 2.24) is 10.4 Å². The van der Waals surface area contributed by atoms with Crippen LogP contribution >= 0.6 is 15.9 Å². The van der Waals surface area contributed by atoms with E-state index in [1.807, 2.05) is 49.4 Å². The van der Waals surface area contributed by atoms with Crippen molar-refractivity contribution in [3.8, 4) is 0 Å². The summed E-state index contributed by atoms with van der Waals surface area (Å²) in [5.41, 5.74) is 4.90. The van der Waals surface area contributed by atoms with Crippen LogP contribution in [0.4, 0.5) is 0 Å². The van der Waals surface area contributed by atoms with E-state index in [2.05, 4.69) is 31.4 Å². The Morgan fingerprint density at radius 2 is 2.00 bits per heavy atom. The first-order valence-electron chi connectivity index (χ1n) is 6.14. The van der Waals surface area contributed by atoms with Crippen molar-refractivity contribution in [2.45, 2.75) is 13.3 Å². The van der Waals surface area contributed by atoms with Crippen molar-refractivity contribution >= 4 is 27.5 Å². The first-order chi connectivity index (χ1) is 9.65. The summed E-state index contributed by atoms with van der Waals surface area (Å²) in [6, 6.07) is 13.2. The van der Waals surface area contributed by atoms with Gasteiger partial charge in [-0.15, -0.1) is 0 Å². The molecule has 4 nitrogen and oxygen atoms in total. The number of halogens is 1. The summed E-state index contributed by atoms with van der Waals surface area (Å²) in [7, 11) is 0. The van der Waals surface area contributed by atoms with Gasteiger partial charge < -0.3 is 0 Å². The quantitative estimate of drug-likeness (QED) is 0.691. The maximum Gasteiger partial charge on any atom is 0.244 e. The van der Waals surface area contributed by atoms with E-state index in [9.17, 15) is 4.79 Å². The average molecular weight is 332 g/mol. The van der Waals surface area contributed by atoms with Crippen LogP contribution in [0, 0.1) is 0 Å². The Balaban J connectivity index is 1.93. The molecule has 0 aliphatic heterocycles. The van der Waals surface area contributed by atoms with E-state index in [0.717, 1.165) is 15.7 Å². The summed E-state index contributed by atoms with van der Waals surface area (Å²) in [6.07, 6.45) is 1.99. The van der Waals surface area contributed by atoms with Gasteiger partial charge in [0.25, 0.3) is 0 Å². The molecule has 0 unspecified atom stereocenters. The Morgan fingerprint density at radius 3 is 2.65 bits per heavy atom. The van der Waals surface area contributed by atoms with E-state index in [-0.39, 0.29) is 5.91 Å². The number of hydrogen-bond donors (Lipinski definition) is 1. The maximum absolute atomic E-state index is 11.8. The lowest BCUT2D eigenvalue weighted by atomic mass is 10.1. The minimum Gasteiger partial charge on any atom is -0.273 e. The zero-order valence-electron chi connectivity index (χ0n) is 11.0. The zero-order chi connectivity index (χ0) is 14.4. The number of nitrogens with one attached hydrogen (secondary N) is 1. The van der Waals surface area contributed by atoms with E-state index < -0.39 is 0 Å². The first kappa shape index (κ1) is 14.4. The fourth-order valence-electron chi connectivity index (χ4n) is 1.61. The fourth-order valence-corrected chi connectivity index (χ4v) is 1.87. The highest BCUT2D eigenvalue weighted by atomic mass is 79.9. The number of pyridine rings is 1. The van der Waals surface area contributed by atoms with Gasteiger partial charge in [-0.25, -0.2) is 5.43 Å². The Hall–Kier alpha value is -2.01. The predicted octanol–water partition coefficient (Wildman–Crippen LogP) is 2.93. The van der Waals surface area contributed by atoms with E-state index in [4.69, 9.17) is 0 Å². The van der Waals surface area contributed by atoms with Crippen molar-refractivity contribution in [3.05, 3.63) is 64.4 Å². The summed E-state index contributed by atoms with van der Waals surface area (Å²) in [5, 5.41) is 4.05. The number of rotatable bonds is 4. The normalized spacial score (nSPS) is 11.2. The lowest BCUT2D eigenvalue weighted by Gasteiger charge is -2.03. The van der Waals surface area contributed by atoms with Gasteiger partial charge in [-0.3, -0.25) is 9.78 Å². The van der Waals surface area contributed by atoms with Gasteiger partial charge in [0.2, 0.25) is 5.91 Å². The second-order valence-corrected chi connectivity index (χ2v) is 5.17. The summed E-state index contributed by atoms with van der Waals surface area (Å²) in [4.78, 5) is 15.9. The largest absolute Gasteiger partial charge is 0.273 e. The van der Waals surface area contributed by atoms with E-state index >= 15 is 0 Å². The third-order valence-corrected chi connectivity index (χ3v) is 3.19. The van der Waals surface area contributed by atoms with Crippen LogP contribution in [0.25, 0.3) is 0 Å². The number of benzene rings is 1. The van der Waals surface area contributed by atoms with Crippen LogP contribution in [0.15, 0.2) is 58.2 Å². The highest BCUT2D eigenvalue weighted by Gasteiger charge is 2.03. The Labute approximate surface area is 126 Å². The minimum atomic E-state index is -0.150. The van der Waals surface area contributed by atoms with Crippen molar-refractivity contribution in [2.75, 3.05) is 0 Å². The van der Waals surface area contributed by atoms with Crippen molar-refractivity contribution in [3.63, 3.8) is 0 Å². The molecular formula is C15H14BrN3O. The second kappa shape index (κ2) is 6.96. The molecule has 5 heteroatoms. The molecule has 2 rings (SSSR count). The van der Waals surface area contributed by atoms with Gasteiger partial charge >= 0.3 is 0 Å². The Kier molecular flexibility index (Phi) is 5.01. The van der Waals surface area contributed by atoms with Crippen LogP contribution in [0.1, 0.15) is 18.2 Å². The molecule has 0 aliphatic carbocycles. The standard InChI is InChI=1S/C15H14BrN3O/c1-11(14-4-2-3-9-17-14)18-19-15(20)10-12-5-7-13(16)8-6-12/h2-9H,10H2,1H3,(H,19,20)/b18-11-. The number of hydrogen-bond acceptors (Lipinski definition) is 3. The minimum absolute atomic E-state index is 0.150.